The summed E-state index contributed by atoms with van der Waals surface area (Å²) in [5.74, 6) is 0.461. The van der Waals surface area contributed by atoms with Gasteiger partial charge in [0, 0.05) is 38.8 Å². The maximum Gasteiger partial charge on any atom is 0.278 e. The Balaban J connectivity index is 1.65. The Morgan fingerprint density at radius 3 is 2.15 bits per heavy atom. The van der Waals surface area contributed by atoms with Crippen molar-refractivity contribution in [3.05, 3.63) is 35.5 Å². The number of ether oxygens (including phenoxy) is 1. The van der Waals surface area contributed by atoms with Crippen molar-refractivity contribution in [2.45, 2.75) is 64.5 Å². The predicted octanol–water partition coefficient (Wildman–Crippen LogP) is 2.89. The van der Waals surface area contributed by atoms with Crippen LogP contribution >= 0.6 is 0 Å². The summed E-state index contributed by atoms with van der Waals surface area (Å²) in [6, 6.07) is 7.54. The van der Waals surface area contributed by atoms with Crippen molar-refractivity contribution in [1.29, 1.82) is 0 Å². The number of aliphatic hydroxyl groups is 1. The molecule has 0 bridgehead atoms. The summed E-state index contributed by atoms with van der Waals surface area (Å²) in [7, 11) is 0. The van der Waals surface area contributed by atoms with Crippen LogP contribution < -0.4 is 4.74 Å². The highest BCUT2D eigenvalue weighted by Gasteiger charge is 2.45. The van der Waals surface area contributed by atoms with Gasteiger partial charge in [0.1, 0.15) is 11.4 Å². The zero-order chi connectivity index (χ0) is 23.4. The van der Waals surface area contributed by atoms with Crippen LogP contribution in [0.1, 0.15) is 57.9 Å². The van der Waals surface area contributed by atoms with Gasteiger partial charge in [0.2, 0.25) is 0 Å². The predicted molar refractivity (Wildman–Crippen MR) is 128 cm³/mol. The molecule has 1 aliphatic carbocycles. The number of benzene rings is 1. The molecular weight excluding hydrogens is 418 g/mol. The molecule has 1 saturated carbocycles. The van der Waals surface area contributed by atoms with Gasteiger partial charge in [-0.25, -0.2) is 0 Å². The molecule has 180 valence electrons. The number of carbonyl (C=O) groups excluding carboxylic acids is 2. The van der Waals surface area contributed by atoms with Crippen LogP contribution in [0, 0.1) is 0 Å². The van der Waals surface area contributed by atoms with Gasteiger partial charge < -0.3 is 14.7 Å². The van der Waals surface area contributed by atoms with Crippen molar-refractivity contribution in [2.24, 2.45) is 0 Å². The van der Waals surface area contributed by atoms with Gasteiger partial charge in [-0.1, -0.05) is 37.8 Å². The molecule has 1 aromatic rings. The summed E-state index contributed by atoms with van der Waals surface area (Å²) < 4.78 is 5.77. The van der Waals surface area contributed by atoms with Gasteiger partial charge in [-0.15, -0.1) is 0 Å². The minimum atomic E-state index is -0.155. The number of nitrogens with zero attached hydrogens (tertiary/aromatic N) is 3. The summed E-state index contributed by atoms with van der Waals surface area (Å²) in [5, 5.41) is 9.26. The minimum Gasteiger partial charge on any atom is -0.491 e. The van der Waals surface area contributed by atoms with Crippen molar-refractivity contribution in [2.75, 3.05) is 39.3 Å². The van der Waals surface area contributed by atoms with Gasteiger partial charge >= 0.3 is 0 Å². The number of β-amino-alcohol motifs (C(OH)–C–C–N with tert-alkyl or cyclic N) is 1. The van der Waals surface area contributed by atoms with Crippen LogP contribution in [0.25, 0.3) is 5.57 Å². The lowest BCUT2D eigenvalue weighted by Crippen LogP contribution is -2.49. The summed E-state index contributed by atoms with van der Waals surface area (Å²) >= 11 is 0. The van der Waals surface area contributed by atoms with Gasteiger partial charge in [-0.3, -0.25) is 19.4 Å². The van der Waals surface area contributed by atoms with E-state index in [0.29, 0.717) is 30.9 Å². The van der Waals surface area contributed by atoms with E-state index in [1.165, 1.54) is 12.8 Å². The minimum absolute atomic E-state index is 0.0146. The lowest BCUT2D eigenvalue weighted by atomic mass is 10.0. The van der Waals surface area contributed by atoms with E-state index in [9.17, 15) is 14.7 Å². The largest absolute Gasteiger partial charge is 0.491 e. The van der Waals surface area contributed by atoms with E-state index in [1.807, 2.05) is 38.1 Å². The van der Waals surface area contributed by atoms with Gasteiger partial charge in [-0.05, 0) is 44.4 Å². The van der Waals surface area contributed by atoms with Crippen LogP contribution in [0.3, 0.4) is 0 Å². The smallest absolute Gasteiger partial charge is 0.278 e. The average molecular weight is 456 g/mol. The van der Waals surface area contributed by atoms with Crippen LogP contribution in [0.2, 0.25) is 0 Å². The number of carbonyl (C=O) groups is 2. The Hall–Kier alpha value is -2.38. The number of hydrogen-bond donors (Lipinski definition) is 1. The fraction of sp³-hybridized carbons (Fsp3) is 0.615. The highest BCUT2D eigenvalue weighted by molar-refractivity contribution is 6.35. The molecule has 1 aromatic carbocycles. The van der Waals surface area contributed by atoms with E-state index < -0.39 is 0 Å². The SMILES string of the molecule is CC(C)Oc1ccc(C2=C(N3CCN(CCO)CC3)C(=O)N(C3CCCCCC3)C2=O)cc1. The van der Waals surface area contributed by atoms with Gasteiger partial charge in [0.25, 0.3) is 11.8 Å². The quantitative estimate of drug-likeness (QED) is 0.504. The first-order chi connectivity index (χ1) is 16.0. The average Bonchev–Trinajstić information content (AvgIpc) is 2.95. The van der Waals surface area contributed by atoms with Crippen molar-refractivity contribution in [1.82, 2.24) is 14.7 Å². The standard InChI is InChI=1S/C26H37N3O4/c1-19(2)33-22-11-9-20(10-12-22)23-24(28-15-13-27(14-16-28)17-18-30)26(32)29(25(23)31)21-7-5-3-4-6-8-21/h9-12,19,21,30H,3-8,13-18H2,1-2H3. The van der Waals surface area contributed by atoms with Gasteiger partial charge in [0.15, 0.2) is 0 Å². The van der Waals surface area contributed by atoms with Crippen molar-refractivity contribution < 1.29 is 19.4 Å². The van der Waals surface area contributed by atoms with E-state index in [-0.39, 0.29) is 30.6 Å². The van der Waals surface area contributed by atoms with Crippen LogP contribution in [-0.2, 0) is 9.59 Å². The molecule has 2 fully saturated rings. The number of hydrogen-bond acceptors (Lipinski definition) is 6. The summed E-state index contributed by atoms with van der Waals surface area (Å²) in [4.78, 5) is 33.4. The Labute approximate surface area is 197 Å². The first kappa shape index (κ1) is 23.8. The molecule has 0 unspecified atom stereocenters. The second-order valence-electron chi connectivity index (χ2n) is 9.59. The Kier molecular flexibility index (Phi) is 7.71. The zero-order valence-corrected chi connectivity index (χ0v) is 20.0. The van der Waals surface area contributed by atoms with Crippen molar-refractivity contribution in [3.8, 4) is 5.75 Å². The summed E-state index contributed by atoms with van der Waals surface area (Å²) in [5.41, 5.74) is 1.84. The first-order valence-electron chi connectivity index (χ1n) is 12.5. The van der Waals surface area contributed by atoms with E-state index in [1.54, 1.807) is 4.90 Å². The van der Waals surface area contributed by atoms with E-state index in [4.69, 9.17) is 4.74 Å². The second-order valence-corrected chi connectivity index (χ2v) is 9.59. The third-order valence-electron chi connectivity index (χ3n) is 6.90. The molecule has 7 nitrogen and oxygen atoms in total. The number of imide groups is 1. The second kappa shape index (κ2) is 10.7. The Bertz CT molecular complexity index is 864. The van der Waals surface area contributed by atoms with Crippen LogP contribution in [0.5, 0.6) is 5.75 Å². The zero-order valence-electron chi connectivity index (χ0n) is 20.0. The van der Waals surface area contributed by atoms with E-state index in [2.05, 4.69) is 9.80 Å². The van der Waals surface area contributed by atoms with Crippen LogP contribution in [0.4, 0.5) is 0 Å². The molecule has 2 heterocycles. The third-order valence-corrected chi connectivity index (χ3v) is 6.90. The molecule has 1 N–H and O–H groups in total. The molecule has 33 heavy (non-hydrogen) atoms. The van der Waals surface area contributed by atoms with E-state index >= 15 is 0 Å². The van der Waals surface area contributed by atoms with Crippen LogP contribution in [0.15, 0.2) is 30.0 Å². The summed E-state index contributed by atoms with van der Waals surface area (Å²) in [6.07, 6.45) is 6.32. The molecule has 1 saturated heterocycles. The number of piperazine rings is 1. The molecule has 2 aliphatic heterocycles. The Morgan fingerprint density at radius 2 is 1.58 bits per heavy atom. The number of rotatable bonds is 7. The maximum atomic E-state index is 13.8. The highest BCUT2D eigenvalue weighted by atomic mass is 16.5. The van der Waals surface area contributed by atoms with Gasteiger partial charge in [-0.2, -0.15) is 0 Å². The lowest BCUT2D eigenvalue weighted by molar-refractivity contribution is -0.140. The number of aliphatic hydroxyl groups excluding tert-OH is 1. The summed E-state index contributed by atoms with van der Waals surface area (Å²) in [6.45, 7) is 7.61. The molecule has 2 amide bonds. The molecule has 3 aliphatic rings. The maximum absolute atomic E-state index is 13.8. The van der Waals surface area contributed by atoms with Crippen molar-refractivity contribution >= 4 is 17.4 Å². The lowest BCUT2D eigenvalue weighted by Gasteiger charge is -2.36. The molecule has 0 spiro atoms. The normalized spacial score (nSPS) is 21.3. The molecule has 0 aromatic heterocycles. The monoisotopic (exact) mass is 455 g/mol. The first-order valence-corrected chi connectivity index (χ1v) is 12.5. The molecule has 0 atom stereocenters. The van der Waals surface area contributed by atoms with Crippen molar-refractivity contribution in [3.63, 3.8) is 0 Å². The molecule has 4 rings (SSSR count). The molecule has 0 radical (unpaired) electrons. The Morgan fingerprint density at radius 1 is 0.939 bits per heavy atom. The third kappa shape index (κ3) is 5.25. The highest BCUT2D eigenvalue weighted by Crippen LogP contribution is 2.36. The van der Waals surface area contributed by atoms with Gasteiger partial charge in [0.05, 0.1) is 18.3 Å². The topological polar surface area (TPSA) is 73.3 Å². The fourth-order valence-corrected chi connectivity index (χ4v) is 5.25. The molecule has 7 heteroatoms. The molecular formula is C26H37N3O4. The van der Waals surface area contributed by atoms with E-state index in [0.717, 1.165) is 50.1 Å². The van der Waals surface area contributed by atoms with Crippen LogP contribution in [-0.4, -0.2) is 83.1 Å². The number of amides is 2. The fourth-order valence-electron chi connectivity index (χ4n) is 5.25.